The van der Waals surface area contributed by atoms with Crippen molar-refractivity contribution in [3.05, 3.63) is 12.2 Å². The Balaban J connectivity index is 2.71. The van der Waals surface area contributed by atoms with Crippen LogP contribution < -0.4 is 5.73 Å². The summed E-state index contributed by atoms with van der Waals surface area (Å²) in [6.45, 7) is -0.367. The molecule has 1 aliphatic rings. The van der Waals surface area contributed by atoms with Gasteiger partial charge in [0.2, 0.25) is 5.91 Å². The zero-order valence-corrected chi connectivity index (χ0v) is 8.46. The average molecular weight is 228 g/mol. The average Bonchev–Trinajstić information content (AvgIpc) is 2.53. The molecular weight excluding hydrogens is 216 g/mol. The monoisotopic (exact) mass is 228 g/mol. The molecular formula is C9H12N2O5. The highest BCUT2D eigenvalue weighted by Gasteiger charge is 2.32. The highest BCUT2D eigenvalue weighted by molar-refractivity contribution is 6.13. The Bertz CT molecular complexity index is 321. The molecule has 3 N–H and O–H groups in total. The van der Waals surface area contributed by atoms with Gasteiger partial charge in [-0.05, 0) is 0 Å². The number of aliphatic hydroxyl groups is 1. The molecule has 7 nitrogen and oxygen atoms in total. The molecule has 0 saturated carbocycles. The molecule has 0 aromatic carbocycles. The van der Waals surface area contributed by atoms with Gasteiger partial charge in [0.15, 0.2) is 0 Å². The quantitative estimate of drug-likeness (QED) is 0.517. The molecule has 1 unspecified atom stereocenters. The molecule has 0 aromatic heterocycles. The van der Waals surface area contributed by atoms with Crippen molar-refractivity contribution < 1.29 is 24.2 Å². The van der Waals surface area contributed by atoms with Gasteiger partial charge in [-0.2, -0.15) is 0 Å². The standard InChI is InChI=1S/C9H12N2O5/c10-6(13)5-9(16-4-3-12)11-7(14)1-2-8(11)15/h1-2,9,12H,3-5H2,(H2,10,13). The summed E-state index contributed by atoms with van der Waals surface area (Å²) in [6.07, 6.45) is 0.816. The zero-order chi connectivity index (χ0) is 12.1. The molecule has 0 spiro atoms. The first-order valence-corrected chi connectivity index (χ1v) is 4.62. The molecule has 3 amide bonds. The maximum Gasteiger partial charge on any atom is 0.255 e. The summed E-state index contributed by atoms with van der Waals surface area (Å²) in [6, 6.07) is 0. The maximum atomic E-state index is 11.3. The van der Waals surface area contributed by atoms with E-state index in [1.807, 2.05) is 0 Å². The zero-order valence-electron chi connectivity index (χ0n) is 8.46. The van der Waals surface area contributed by atoms with Crippen molar-refractivity contribution in [3.63, 3.8) is 0 Å². The van der Waals surface area contributed by atoms with Crippen LogP contribution in [0.3, 0.4) is 0 Å². The van der Waals surface area contributed by atoms with Crippen molar-refractivity contribution in [1.29, 1.82) is 0 Å². The highest BCUT2D eigenvalue weighted by Crippen LogP contribution is 2.13. The Hall–Kier alpha value is -1.73. The number of ether oxygens (including phenoxy) is 1. The number of carbonyl (C=O) groups excluding carboxylic acids is 3. The van der Waals surface area contributed by atoms with Crippen molar-refractivity contribution in [3.8, 4) is 0 Å². The maximum absolute atomic E-state index is 11.3. The molecule has 16 heavy (non-hydrogen) atoms. The first kappa shape index (κ1) is 12.3. The fourth-order valence-corrected chi connectivity index (χ4v) is 1.28. The molecule has 0 saturated heterocycles. The number of amides is 3. The summed E-state index contributed by atoms with van der Waals surface area (Å²) in [5.41, 5.74) is 4.97. The lowest BCUT2D eigenvalue weighted by molar-refractivity contribution is -0.155. The number of primary amides is 1. The van der Waals surface area contributed by atoms with Crippen LogP contribution >= 0.6 is 0 Å². The topological polar surface area (TPSA) is 110 Å². The first-order chi connectivity index (χ1) is 7.56. The predicted octanol–water partition coefficient (Wildman–Crippen LogP) is -1.88. The van der Waals surface area contributed by atoms with Gasteiger partial charge >= 0.3 is 0 Å². The van der Waals surface area contributed by atoms with Crippen molar-refractivity contribution in [1.82, 2.24) is 4.90 Å². The molecule has 88 valence electrons. The first-order valence-electron chi connectivity index (χ1n) is 4.62. The van der Waals surface area contributed by atoms with Crippen LogP contribution in [0.1, 0.15) is 6.42 Å². The number of imide groups is 1. The van der Waals surface area contributed by atoms with E-state index in [9.17, 15) is 14.4 Å². The minimum Gasteiger partial charge on any atom is -0.394 e. The summed E-state index contributed by atoms with van der Waals surface area (Å²) in [5.74, 6) is -1.82. The van der Waals surface area contributed by atoms with E-state index in [0.29, 0.717) is 0 Å². The number of nitrogens with two attached hydrogens (primary N) is 1. The van der Waals surface area contributed by atoms with E-state index >= 15 is 0 Å². The molecule has 0 radical (unpaired) electrons. The minimum atomic E-state index is -1.06. The number of hydrogen-bond donors (Lipinski definition) is 2. The van der Waals surface area contributed by atoms with Crippen molar-refractivity contribution >= 4 is 17.7 Å². The van der Waals surface area contributed by atoms with E-state index in [0.717, 1.165) is 17.1 Å². The van der Waals surface area contributed by atoms with Crippen molar-refractivity contribution in [2.75, 3.05) is 13.2 Å². The van der Waals surface area contributed by atoms with E-state index in [1.54, 1.807) is 0 Å². The van der Waals surface area contributed by atoms with Gasteiger partial charge in [-0.15, -0.1) is 0 Å². The summed E-state index contributed by atoms with van der Waals surface area (Å²) in [5, 5.41) is 8.58. The molecule has 0 aliphatic carbocycles. The normalized spacial score (nSPS) is 16.9. The number of hydrogen-bond acceptors (Lipinski definition) is 5. The Kier molecular flexibility index (Phi) is 4.15. The third kappa shape index (κ3) is 2.88. The summed E-state index contributed by atoms with van der Waals surface area (Å²) >= 11 is 0. The number of rotatable bonds is 6. The second-order valence-electron chi connectivity index (χ2n) is 3.10. The van der Waals surface area contributed by atoms with Gasteiger partial charge in [-0.3, -0.25) is 14.4 Å². The second kappa shape index (κ2) is 5.38. The number of carbonyl (C=O) groups is 3. The van der Waals surface area contributed by atoms with Crippen LogP contribution in [0.5, 0.6) is 0 Å². The largest absolute Gasteiger partial charge is 0.394 e. The van der Waals surface area contributed by atoms with E-state index in [2.05, 4.69) is 0 Å². The summed E-state index contributed by atoms with van der Waals surface area (Å²) in [7, 11) is 0. The molecule has 0 fully saturated rings. The highest BCUT2D eigenvalue weighted by atomic mass is 16.5. The van der Waals surface area contributed by atoms with Gasteiger partial charge in [-0.25, -0.2) is 4.90 Å². The SMILES string of the molecule is NC(=O)CC(OCCO)N1C(=O)C=CC1=O. The van der Waals surface area contributed by atoms with E-state index < -0.39 is 23.9 Å². The van der Waals surface area contributed by atoms with Crippen LogP contribution in [-0.4, -0.2) is 47.2 Å². The molecule has 1 aliphatic heterocycles. The van der Waals surface area contributed by atoms with E-state index in [1.165, 1.54) is 0 Å². The predicted molar refractivity (Wildman–Crippen MR) is 51.6 cm³/mol. The molecule has 1 heterocycles. The van der Waals surface area contributed by atoms with Crippen molar-refractivity contribution in [2.24, 2.45) is 5.73 Å². The van der Waals surface area contributed by atoms with Crippen LogP contribution in [-0.2, 0) is 19.1 Å². The number of nitrogens with zero attached hydrogens (tertiary/aromatic N) is 1. The second-order valence-corrected chi connectivity index (χ2v) is 3.10. The van der Waals surface area contributed by atoms with Crippen molar-refractivity contribution in [2.45, 2.75) is 12.6 Å². The smallest absolute Gasteiger partial charge is 0.255 e. The van der Waals surface area contributed by atoms with Gasteiger partial charge in [0, 0.05) is 12.2 Å². The molecule has 0 bridgehead atoms. The Morgan fingerprint density at radius 3 is 2.44 bits per heavy atom. The Morgan fingerprint density at radius 1 is 1.44 bits per heavy atom. The lowest BCUT2D eigenvalue weighted by Crippen LogP contribution is -2.44. The third-order valence-electron chi connectivity index (χ3n) is 1.91. The number of aliphatic hydroxyl groups excluding tert-OH is 1. The van der Waals surface area contributed by atoms with Gasteiger partial charge in [0.1, 0.15) is 6.23 Å². The van der Waals surface area contributed by atoms with Gasteiger partial charge in [0.25, 0.3) is 11.8 Å². The fraction of sp³-hybridized carbons (Fsp3) is 0.444. The summed E-state index contributed by atoms with van der Waals surface area (Å²) < 4.78 is 5.02. The molecule has 1 atom stereocenters. The Labute approximate surface area is 91.5 Å². The van der Waals surface area contributed by atoms with Crippen LogP contribution in [0.15, 0.2) is 12.2 Å². The molecule has 7 heteroatoms. The molecule has 0 aromatic rings. The Morgan fingerprint density at radius 2 is 2.00 bits per heavy atom. The van der Waals surface area contributed by atoms with Crippen LogP contribution in [0.25, 0.3) is 0 Å². The summed E-state index contributed by atoms with van der Waals surface area (Å²) in [4.78, 5) is 34.1. The van der Waals surface area contributed by atoms with E-state index in [4.69, 9.17) is 15.6 Å². The van der Waals surface area contributed by atoms with Gasteiger partial charge < -0.3 is 15.6 Å². The lowest BCUT2D eigenvalue weighted by Gasteiger charge is -2.24. The minimum absolute atomic E-state index is 0.0883. The van der Waals surface area contributed by atoms with E-state index in [-0.39, 0.29) is 19.6 Å². The third-order valence-corrected chi connectivity index (χ3v) is 1.91. The fourth-order valence-electron chi connectivity index (χ4n) is 1.28. The molecule has 1 rings (SSSR count). The van der Waals surface area contributed by atoms with Crippen LogP contribution in [0, 0.1) is 0 Å². The van der Waals surface area contributed by atoms with Crippen LogP contribution in [0.2, 0.25) is 0 Å². The van der Waals surface area contributed by atoms with Gasteiger partial charge in [-0.1, -0.05) is 0 Å². The lowest BCUT2D eigenvalue weighted by atomic mass is 10.3. The van der Waals surface area contributed by atoms with Gasteiger partial charge in [0.05, 0.1) is 19.6 Å². The van der Waals surface area contributed by atoms with Crippen LogP contribution in [0.4, 0.5) is 0 Å².